The molecular formula is C21H28N4O. The molecule has 0 radical (unpaired) electrons. The molecule has 5 heteroatoms. The number of benzene rings is 1. The van der Waals surface area contributed by atoms with Crippen LogP contribution in [0.4, 0.5) is 11.6 Å². The summed E-state index contributed by atoms with van der Waals surface area (Å²) in [6, 6.07) is 6.17. The molecule has 0 atom stereocenters. The molecule has 26 heavy (non-hydrogen) atoms. The molecule has 138 valence electrons. The highest BCUT2D eigenvalue weighted by molar-refractivity contribution is 6.04. The Balaban J connectivity index is 1.74. The molecule has 1 aromatic carbocycles. The second-order valence-electron chi connectivity index (χ2n) is 6.79. The Kier molecular flexibility index (Phi) is 6.21. The van der Waals surface area contributed by atoms with Crippen LogP contribution in [-0.2, 0) is 12.8 Å². The van der Waals surface area contributed by atoms with E-state index in [0.717, 1.165) is 48.7 Å². The molecule has 2 heterocycles. The van der Waals surface area contributed by atoms with Gasteiger partial charge in [0.2, 0.25) is 5.95 Å². The van der Waals surface area contributed by atoms with E-state index in [9.17, 15) is 4.79 Å². The maximum Gasteiger partial charge on any atom is 0.258 e. The fourth-order valence-electron chi connectivity index (χ4n) is 3.46. The molecule has 3 rings (SSSR count). The van der Waals surface area contributed by atoms with Crippen molar-refractivity contribution in [2.45, 2.75) is 52.4 Å². The van der Waals surface area contributed by atoms with Crippen LogP contribution in [0.5, 0.6) is 0 Å². The zero-order valence-electron chi connectivity index (χ0n) is 15.8. The number of amides is 1. The first-order chi connectivity index (χ1) is 12.7. The zero-order chi connectivity index (χ0) is 18.4. The molecule has 1 aromatic heterocycles. The summed E-state index contributed by atoms with van der Waals surface area (Å²) in [4.78, 5) is 23.8. The number of nitrogens with one attached hydrogen (secondary N) is 1. The third-order valence-electron chi connectivity index (χ3n) is 5.03. The van der Waals surface area contributed by atoms with Gasteiger partial charge in [-0.2, -0.15) is 0 Å². The number of carbonyl (C=O) groups is 1. The number of hydrogen-bond donors (Lipinski definition) is 1. The Morgan fingerprint density at radius 1 is 1.00 bits per heavy atom. The summed E-state index contributed by atoms with van der Waals surface area (Å²) in [5.41, 5.74) is 3.73. The summed E-state index contributed by atoms with van der Waals surface area (Å²) in [5, 5.41) is 3.07. The number of carbonyl (C=O) groups excluding carboxylic acids is 1. The minimum absolute atomic E-state index is 0.150. The highest BCUT2D eigenvalue weighted by Crippen LogP contribution is 2.23. The highest BCUT2D eigenvalue weighted by Gasteiger charge is 2.15. The molecule has 1 aliphatic rings. The van der Waals surface area contributed by atoms with Crippen LogP contribution in [0.2, 0.25) is 0 Å². The Bertz CT molecular complexity index is 712. The van der Waals surface area contributed by atoms with Gasteiger partial charge in [-0.05, 0) is 36.8 Å². The van der Waals surface area contributed by atoms with E-state index in [1.165, 1.54) is 25.7 Å². The maximum absolute atomic E-state index is 12.7. The van der Waals surface area contributed by atoms with Crippen LogP contribution in [0.25, 0.3) is 0 Å². The maximum atomic E-state index is 12.7. The zero-order valence-corrected chi connectivity index (χ0v) is 15.8. The van der Waals surface area contributed by atoms with Crippen LogP contribution in [0.3, 0.4) is 0 Å². The van der Waals surface area contributed by atoms with Crippen molar-refractivity contribution in [3.63, 3.8) is 0 Å². The highest BCUT2D eigenvalue weighted by atomic mass is 16.1. The average molecular weight is 352 g/mol. The van der Waals surface area contributed by atoms with Crippen molar-refractivity contribution in [2.75, 3.05) is 23.3 Å². The summed E-state index contributed by atoms with van der Waals surface area (Å²) in [5.74, 6) is 0.578. The number of rotatable bonds is 5. The number of aromatic nitrogens is 2. The van der Waals surface area contributed by atoms with Gasteiger partial charge in [-0.1, -0.05) is 44.9 Å². The number of anilines is 2. The molecule has 0 bridgehead atoms. The minimum atomic E-state index is -0.150. The van der Waals surface area contributed by atoms with E-state index >= 15 is 0 Å². The quantitative estimate of drug-likeness (QED) is 0.875. The topological polar surface area (TPSA) is 58.1 Å². The van der Waals surface area contributed by atoms with Crippen molar-refractivity contribution in [1.29, 1.82) is 0 Å². The Hall–Kier alpha value is -2.43. The lowest BCUT2D eigenvalue weighted by Gasteiger charge is -2.20. The molecule has 0 aliphatic carbocycles. The third-order valence-corrected chi connectivity index (χ3v) is 5.03. The van der Waals surface area contributed by atoms with E-state index in [1.54, 1.807) is 12.4 Å². The standard InChI is InChI=1S/C21H28N4O/c1-3-16-10-9-11-17(4-2)19(16)24-20(26)18-14-22-21(23-15-18)25-12-7-5-6-8-13-25/h9-11,14-15H,3-8,12-13H2,1-2H3,(H,24,26). The van der Waals surface area contributed by atoms with Crippen LogP contribution in [0, 0.1) is 0 Å². The lowest BCUT2D eigenvalue weighted by atomic mass is 10.0. The fourth-order valence-corrected chi connectivity index (χ4v) is 3.46. The first-order valence-corrected chi connectivity index (χ1v) is 9.72. The summed E-state index contributed by atoms with van der Waals surface area (Å²) >= 11 is 0. The van der Waals surface area contributed by atoms with Gasteiger partial charge < -0.3 is 10.2 Å². The first kappa shape index (κ1) is 18.4. The van der Waals surface area contributed by atoms with Crippen molar-refractivity contribution in [3.8, 4) is 0 Å². The van der Waals surface area contributed by atoms with E-state index in [-0.39, 0.29) is 5.91 Å². The summed E-state index contributed by atoms with van der Waals surface area (Å²) in [6.07, 6.45) is 9.95. The van der Waals surface area contributed by atoms with E-state index < -0.39 is 0 Å². The van der Waals surface area contributed by atoms with E-state index in [0.29, 0.717) is 5.56 Å². The Morgan fingerprint density at radius 3 is 2.12 bits per heavy atom. The van der Waals surface area contributed by atoms with Gasteiger partial charge in [-0.3, -0.25) is 4.79 Å². The van der Waals surface area contributed by atoms with Crippen molar-refractivity contribution in [1.82, 2.24) is 9.97 Å². The lowest BCUT2D eigenvalue weighted by molar-refractivity contribution is 0.102. The van der Waals surface area contributed by atoms with Gasteiger partial charge in [-0.15, -0.1) is 0 Å². The van der Waals surface area contributed by atoms with Gasteiger partial charge in [0.1, 0.15) is 0 Å². The van der Waals surface area contributed by atoms with Crippen molar-refractivity contribution in [3.05, 3.63) is 47.3 Å². The Labute approximate surface area is 155 Å². The molecular weight excluding hydrogens is 324 g/mol. The van der Waals surface area contributed by atoms with Crippen LogP contribution < -0.4 is 10.2 Å². The largest absolute Gasteiger partial charge is 0.341 e. The average Bonchev–Trinajstić information content (AvgIpc) is 2.97. The van der Waals surface area contributed by atoms with Gasteiger partial charge in [0, 0.05) is 31.2 Å². The molecule has 5 nitrogen and oxygen atoms in total. The first-order valence-electron chi connectivity index (χ1n) is 9.72. The summed E-state index contributed by atoms with van der Waals surface area (Å²) < 4.78 is 0. The molecule has 1 amide bonds. The Morgan fingerprint density at radius 2 is 1.58 bits per heavy atom. The number of aryl methyl sites for hydroxylation is 2. The third kappa shape index (κ3) is 4.21. The summed E-state index contributed by atoms with van der Waals surface area (Å²) in [7, 11) is 0. The number of hydrogen-bond acceptors (Lipinski definition) is 4. The molecule has 1 saturated heterocycles. The minimum Gasteiger partial charge on any atom is -0.341 e. The smallest absolute Gasteiger partial charge is 0.258 e. The molecule has 0 unspecified atom stereocenters. The van der Waals surface area contributed by atoms with Gasteiger partial charge in [0.15, 0.2) is 0 Å². The van der Waals surface area contributed by atoms with E-state index in [1.807, 2.05) is 6.07 Å². The van der Waals surface area contributed by atoms with E-state index in [4.69, 9.17) is 0 Å². The molecule has 2 aromatic rings. The van der Waals surface area contributed by atoms with Crippen molar-refractivity contribution < 1.29 is 4.79 Å². The van der Waals surface area contributed by atoms with Crippen LogP contribution >= 0.6 is 0 Å². The second kappa shape index (κ2) is 8.79. The molecule has 1 N–H and O–H groups in total. The van der Waals surface area contributed by atoms with Crippen LogP contribution in [0.1, 0.15) is 61.0 Å². The monoisotopic (exact) mass is 352 g/mol. The molecule has 1 fully saturated rings. The van der Waals surface area contributed by atoms with Gasteiger partial charge in [0.05, 0.1) is 5.56 Å². The normalized spacial score (nSPS) is 14.8. The summed E-state index contributed by atoms with van der Waals surface area (Å²) in [6.45, 7) is 6.19. The van der Waals surface area contributed by atoms with Gasteiger partial charge in [0.25, 0.3) is 5.91 Å². The van der Waals surface area contributed by atoms with Gasteiger partial charge in [-0.25, -0.2) is 9.97 Å². The number of para-hydroxylation sites is 1. The predicted molar refractivity (Wildman–Crippen MR) is 106 cm³/mol. The fraction of sp³-hybridized carbons (Fsp3) is 0.476. The SMILES string of the molecule is CCc1cccc(CC)c1NC(=O)c1cnc(N2CCCCCC2)nc1. The molecule has 1 aliphatic heterocycles. The predicted octanol–water partition coefficient (Wildman–Crippen LogP) is 4.23. The molecule has 0 spiro atoms. The molecule has 0 saturated carbocycles. The van der Waals surface area contributed by atoms with Crippen molar-refractivity contribution in [2.24, 2.45) is 0 Å². The van der Waals surface area contributed by atoms with Crippen molar-refractivity contribution >= 4 is 17.5 Å². The van der Waals surface area contributed by atoms with E-state index in [2.05, 4.69) is 46.2 Å². The van der Waals surface area contributed by atoms with Crippen LogP contribution in [0.15, 0.2) is 30.6 Å². The lowest BCUT2D eigenvalue weighted by Crippen LogP contribution is -2.26. The van der Waals surface area contributed by atoms with Gasteiger partial charge >= 0.3 is 0 Å². The number of nitrogens with zero attached hydrogens (tertiary/aromatic N) is 3. The second-order valence-corrected chi connectivity index (χ2v) is 6.79. The van der Waals surface area contributed by atoms with Crippen LogP contribution in [-0.4, -0.2) is 29.0 Å².